The number of nitrogens with one attached hydrogen (secondary N) is 2. The van der Waals surface area contributed by atoms with Crippen LogP contribution in [0.5, 0.6) is 0 Å². The summed E-state index contributed by atoms with van der Waals surface area (Å²) < 4.78 is 18.1. The van der Waals surface area contributed by atoms with Crippen molar-refractivity contribution < 1.29 is 13.7 Å². The summed E-state index contributed by atoms with van der Waals surface area (Å²) in [5.41, 5.74) is 2.81. The fourth-order valence-electron chi connectivity index (χ4n) is 2.29. The summed E-state index contributed by atoms with van der Waals surface area (Å²) in [4.78, 5) is 15.1. The van der Waals surface area contributed by atoms with Crippen LogP contribution in [0.2, 0.25) is 0 Å². The van der Waals surface area contributed by atoms with Gasteiger partial charge in [-0.05, 0) is 30.2 Å². The lowest BCUT2D eigenvalue weighted by Crippen LogP contribution is -2.26. The quantitative estimate of drug-likeness (QED) is 0.682. The highest BCUT2D eigenvalue weighted by Crippen LogP contribution is 2.19. The van der Waals surface area contributed by atoms with Gasteiger partial charge in [0.15, 0.2) is 5.69 Å². The SMILES string of the molecule is O=C(NCCc1c[nH]c2ccc(F)cc12)c1nocc1CBr. The molecule has 114 valence electrons. The maximum Gasteiger partial charge on any atom is 0.273 e. The molecule has 2 N–H and O–H groups in total. The third-order valence-corrected chi connectivity index (χ3v) is 4.02. The van der Waals surface area contributed by atoms with Crippen molar-refractivity contribution in [1.82, 2.24) is 15.5 Å². The molecule has 7 heteroatoms. The maximum absolute atomic E-state index is 13.3. The molecule has 0 aliphatic rings. The van der Waals surface area contributed by atoms with Crippen LogP contribution in [0.4, 0.5) is 4.39 Å². The average molecular weight is 366 g/mol. The lowest BCUT2D eigenvalue weighted by Gasteiger charge is -2.03. The highest BCUT2D eigenvalue weighted by atomic mass is 79.9. The van der Waals surface area contributed by atoms with Crippen molar-refractivity contribution >= 4 is 32.7 Å². The third kappa shape index (κ3) is 2.89. The second-order valence-electron chi connectivity index (χ2n) is 4.83. The Labute approximate surface area is 134 Å². The van der Waals surface area contributed by atoms with Gasteiger partial charge in [0.05, 0.1) is 0 Å². The predicted octanol–water partition coefficient (Wildman–Crippen LogP) is 3.16. The van der Waals surface area contributed by atoms with Crippen molar-refractivity contribution in [1.29, 1.82) is 0 Å². The largest absolute Gasteiger partial charge is 0.364 e. The summed E-state index contributed by atoms with van der Waals surface area (Å²) in [6.45, 7) is 0.427. The van der Waals surface area contributed by atoms with Gasteiger partial charge in [-0.3, -0.25) is 4.79 Å². The van der Waals surface area contributed by atoms with E-state index < -0.39 is 0 Å². The molecule has 0 spiro atoms. The molecule has 0 saturated carbocycles. The standard InChI is InChI=1S/C15H13BrFN3O2/c16-6-10-8-22-20-14(10)15(21)18-4-3-9-7-19-13-2-1-11(17)5-12(9)13/h1-2,5,7-8,19H,3-4,6H2,(H,18,21). The van der Waals surface area contributed by atoms with Crippen molar-refractivity contribution in [3.63, 3.8) is 0 Å². The van der Waals surface area contributed by atoms with Crippen LogP contribution in [-0.2, 0) is 11.8 Å². The number of hydrogen-bond donors (Lipinski definition) is 2. The maximum atomic E-state index is 13.3. The minimum Gasteiger partial charge on any atom is -0.364 e. The summed E-state index contributed by atoms with van der Waals surface area (Å²) in [7, 11) is 0. The monoisotopic (exact) mass is 365 g/mol. The van der Waals surface area contributed by atoms with Gasteiger partial charge in [0.2, 0.25) is 0 Å². The molecule has 2 aromatic heterocycles. The van der Waals surface area contributed by atoms with E-state index in [9.17, 15) is 9.18 Å². The van der Waals surface area contributed by atoms with Crippen LogP contribution in [0.3, 0.4) is 0 Å². The number of H-pyrrole nitrogens is 1. The number of carbonyl (C=O) groups excluding carboxylic acids is 1. The van der Waals surface area contributed by atoms with Gasteiger partial charge >= 0.3 is 0 Å². The van der Waals surface area contributed by atoms with E-state index in [0.717, 1.165) is 16.5 Å². The first-order chi connectivity index (χ1) is 10.7. The Kier molecular flexibility index (Phi) is 4.24. The molecule has 22 heavy (non-hydrogen) atoms. The van der Waals surface area contributed by atoms with Crippen LogP contribution in [0, 0.1) is 5.82 Å². The molecule has 0 fully saturated rings. The molecule has 1 amide bonds. The molecule has 5 nitrogen and oxygen atoms in total. The second kappa shape index (κ2) is 6.31. The summed E-state index contributed by atoms with van der Waals surface area (Å²) >= 11 is 3.27. The third-order valence-electron chi connectivity index (χ3n) is 3.41. The van der Waals surface area contributed by atoms with E-state index >= 15 is 0 Å². The van der Waals surface area contributed by atoms with Gasteiger partial charge in [-0.2, -0.15) is 0 Å². The Morgan fingerprint density at radius 2 is 2.27 bits per heavy atom. The van der Waals surface area contributed by atoms with Crippen LogP contribution in [0.25, 0.3) is 10.9 Å². The van der Waals surface area contributed by atoms with Crippen molar-refractivity contribution in [3.8, 4) is 0 Å². The van der Waals surface area contributed by atoms with Crippen LogP contribution in [0.1, 0.15) is 21.6 Å². The molecule has 2 heterocycles. The summed E-state index contributed by atoms with van der Waals surface area (Å²) in [5, 5.41) is 7.81. The van der Waals surface area contributed by atoms with Crippen LogP contribution in [0.15, 0.2) is 35.2 Å². The van der Waals surface area contributed by atoms with Gasteiger partial charge in [-0.15, -0.1) is 0 Å². The number of aromatic amines is 1. The molecular weight excluding hydrogens is 353 g/mol. The summed E-state index contributed by atoms with van der Waals surface area (Å²) in [6, 6.07) is 4.60. The zero-order chi connectivity index (χ0) is 15.5. The molecule has 3 rings (SSSR count). The first-order valence-corrected chi connectivity index (χ1v) is 7.84. The number of carbonyl (C=O) groups is 1. The fourth-order valence-corrected chi connectivity index (χ4v) is 2.69. The van der Waals surface area contributed by atoms with E-state index in [-0.39, 0.29) is 17.4 Å². The number of benzene rings is 1. The van der Waals surface area contributed by atoms with Gasteiger partial charge in [0, 0.05) is 34.5 Å². The summed E-state index contributed by atoms with van der Waals surface area (Å²) in [6.07, 6.45) is 3.86. The molecular formula is C15H13BrFN3O2. The Morgan fingerprint density at radius 1 is 1.41 bits per heavy atom. The van der Waals surface area contributed by atoms with Gasteiger partial charge in [0.25, 0.3) is 5.91 Å². The number of aromatic nitrogens is 2. The van der Waals surface area contributed by atoms with Gasteiger partial charge < -0.3 is 14.8 Å². The highest BCUT2D eigenvalue weighted by molar-refractivity contribution is 9.08. The summed E-state index contributed by atoms with van der Waals surface area (Å²) in [5.74, 6) is -0.559. The highest BCUT2D eigenvalue weighted by Gasteiger charge is 2.15. The van der Waals surface area contributed by atoms with E-state index in [2.05, 4.69) is 31.4 Å². The molecule has 0 bridgehead atoms. The number of alkyl halides is 1. The van der Waals surface area contributed by atoms with E-state index in [0.29, 0.717) is 23.9 Å². The number of halogens is 2. The van der Waals surface area contributed by atoms with Crippen molar-refractivity contribution in [2.24, 2.45) is 0 Å². The average Bonchev–Trinajstić information content (AvgIpc) is 3.13. The number of fused-ring (bicyclic) bond motifs is 1. The first kappa shape index (κ1) is 14.8. The van der Waals surface area contributed by atoms with E-state index in [4.69, 9.17) is 4.52 Å². The Morgan fingerprint density at radius 3 is 3.09 bits per heavy atom. The van der Waals surface area contributed by atoms with Crippen LogP contribution in [-0.4, -0.2) is 22.6 Å². The Balaban J connectivity index is 1.65. The van der Waals surface area contributed by atoms with Gasteiger partial charge in [0.1, 0.15) is 12.1 Å². The van der Waals surface area contributed by atoms with Crippen LogP contribution >= 0.6 is 15.9 Å². The van der Waals surface area contributed by atoms with Crippen molar-refractivity contribution in [2.75, 3.05) is 6.54 Å². The predicted molar refractivity (Wildman–Crippen MR) is 83.4 cm³/mol. The Hall–Kier alpha value is -2.15. The zero-order valence-corrected chi connectivity index (χ0v) is 13.1. The lowest BCUT2D eigenvalue weighted by atomic mass is 10.1. The van der Waals surface area contributed by atoms with Crippen molar-refractivity contribution in [3.05, 3.63) is 53.3 Å². The van der Waals surface area contributed by atoms with E-state index in [1.807, 2.05) is 6.20 Å². The molecule has 0 aliphatic heterocycles. The van der Waals surface area contributed by atoms with E-state index in [1.165, 1.54) is 18.4 Å². The minimum absolute atomic E-state index is 0.276. The number of hydrogen-bond acceptors (Lipinski definition) is 3. The number of nitrogens with zero attached hydrogens (tertiary/aromatic N) is 1. The molecule has 1 aromatic carbocycles. The zero-order valence-electron chi connectivity index (χ0n) is 11.5. The van der Waals surface area contributed by atoms with Crippen molar-refractivity contribution in [2.45, 2.75) is 11.8 Å². The fraction of sp³-hybridized carbons (Fsp3) is 0.200. The molecule has 3 aromatic rings. The van der Waals surface area contributed by atoms with Crippen LogP contribution < -0.4 is 5.32 Å². The van der Waals surface area contributed by atoms with Gasteiger partial charge in [-0.1, -0.05) is 21.1 Å². The van der Waals surface area contributed by atoms with Gasteiger partial charge in [-0.25, -0.2) is 4.39 Å². The molecule has 0 aliphatic carbocycles. The number of rotatable bonds is 5. The topological polar surface area (TPSA) is 70.9 Å². The smallest absolute Gasteiger partial charge is 0.273 e. The number of amides is 1. The molecule has 0 atom stereocenters. The first-order valence-electron chi connectivity index (χ1n) is 6.72. The minimum atomic E-state index is -0.283. The molecule has 0 saturated heterocycles. The van der Waals surface area contributed by atoms with E-state index in [1.54, 1.807) is 6.07 Å². The molecule has 0 radical (unpaired) electrons. The molecule has 0 unspecified atom stereocenters. The second-order valence-corrected chi connectivity index (χ2v) is 5.39. The lowest BCUT2D eigenvalue weighted by molar-refractivity contribution is 0.0944. The normalized spacial score (nSPS) is 11.0. The Bertz CT molecular complexity index is 812.